The number of nitrogens with zero attached hydrogens (tertiary/aromatic N) is 1. The summed E-state index contributed by atoms with van der Waals surface area (Å²) >= 11 is 1.78. The Morgan fingerprint density at radius 2 is 2.17 bits per heavy atom. The van der Waals surface area contributed by atoms with Crippen LogP contribution in [0.4, 0.5) is 4.79 Å². The number of amides is 2. The number of likely N-dealkylation sites (tertiary alicyclic amines) is 1. The van der Waals surface area contributed by atoms with E-state index in [1.807, 2.05) is 0 Å². The van der Waals surface area contributed by atoms with Crippen LogP contribution in [0.5, 0.6) is 0 Å². The van der Waals surface area contributed by atoms with Crippen molar-refractivity contribution in [3.63, 3.8) is 0 Å². The van der Waals surface area contributed by atoms with Crippen molar-refractivity contribution >= 4 is 17.4 Å². The standard InChI is InChI=1S/C18H27N3OS/c22-18(19-13-15-7-2-1-3-8-15)20-14-16(17-9-6-12-23-17)21-10-4-5-11-21/h1-2,6,9,12,15-16H,3-5,7-8,10-11,13-14H2,(H2,19,20,22). The number of nitrogens with one attached hydrogen (secondary N) is 2. The summed E-state index contributed by atoms with van der Waals surface area (Å²) in [7, 11) is 0. The van der Waals surface area contributed by atoms with E-state index < -0.39 is 0 Å². The molecule has 1 aliphatic carbocycles. The Labute approximate surface area is 143 Å². The molecule has 2 heterocycles. The minimum absolute atomic E-state index is 0.0275. The number of allylic oxidation sites excluding steroid dienone is 2. The molecule has 2 amide bonds. The molecule has 126 valence electrons. The van der Waals surface area contributed by atoms with Crippen molar-refractivity contribution in [3.8, 4) is 0 Å². The second-order valence-corrected chi connectivity index (χ2v) is 7.49. The van der Waals surface area contributed by atoms with Crippen molar-refractivity contribution < 1.29 is 4.79 Å². The lowest BCUT2D eigenvalue weighted by atomic mass is 9.94. The summed E-state index contributed by atoms with van der Waals surface area (Å²) < 4.78 is 0. The van der Waals surface area contributed by atoms with Gasteiger partial charge in [0.15, 0.2) is 0 Å². The largest absolute Gasteiger partial charge is 0.338 e. The molecule has 5 heteroatoms. The number of urea groups is 1. The molecule has 1 aromatic heterocycles. The van der Waals surface area contributed by atoms with Gasteiger partial charge >= 0.3 is 6.03 Å². The molecule has 23 heavy (non-hydrogen) atoms. The monoisotopic (exact) mass is 333 g/mol. The average Bonchev–Trinajstić information content (AvgIpc) is 3.28. The van der Waals surface area contributed by atoms with Gasteiger partial charge in [0.2, 0.25) is 0 Å². The summed E-state index contributed by atoms with van der Waals surface area (Å²) in [5, 5.41) is 8.25. The average molecular weight is 334 g/mol. The van der Waals surface area contributed by atoms with Crippen molar-refractivity contribution in [2.75, 3.05) is 26.2 Å². The SMILES string of the molecule is O=C(NCC1CC=CCC1)NCC(c1cccs1)N1CCCC1. The normalized spacial score (nSPS) is 22.9. The molecule has 0 spiro atoms. The number of carbonyl (C=O) groups is 1. The lowest BCUT2D eigenvalue weighted by molar-refractivity contribution is 0.221. The molecule has 2 N–H and O–H groups in total. The van der Waals surface area contributed by atoms with Crippen molar-refractivity contribution in [2.24, 2.45) is 5.92 Å². The van der Waals surface area contributed by atoms with E-state index in [9.17, 15) is 4.79 Å². The van der Waals surface area contributed by atoms with Crippen LogP contribution in [0, 0.1) is 5.92 Å². The van der Waals surface area contributed by atoms with Gasteiger partial charge in [0.1, 0.15) is 0 Å². The molecular weight excluding hydrogens is 306 g/mol. The molecule has 3 rings (SSSR count). The van der Waals surface area contributed by atoms with Gasteiger partial charge in [0, 0.05) is 18.0 Å². The first-order chi connectivity index (χ1) is 11.3. The quantitative estimate of drug-likeness (QED) is 0.782. The summed E-state index contributed by atoms with van der Waals surface area (Å²) in [6.07, 6.45) is 10.4. The summed E-state index contributed by atoms with van der Waals surface area (Å²) in [5.41, 5.74) is 0. The Bertz CT molecular complexity index is 508. The lowest BCUT2D eigenvalue weighted by Gasteiger charge is -2.27. The Balaban J connectivity index is 1.46. The van der Waals surface area contributed by atoms with E-state index in [-0.39, 0.29) is 6.03 Å². The van der Waals surface area contributed by atoms with Crippen LogP contribution < -0.4 is 10.6 Å². The number of hydrogen-bond acceptors (Lipinski definition) is 3. The van der Waals surface area contributed by atoms with E-state index >= 15 is 0 Å². The molecule has 1 fully saturated rings. The van der Waals surface area contributed by atoms with E-state index in [0.717, 1.165) is 32.5 Å². The second-order valence-electron chi connectivity index (χ2n) is 6.52. The van der Waals surface area contributed by atoms with Gasteiger partial charge in [-0.15, -0.1) is 11.3 Å². The number of rotatable bonds is 6. The third kappa shape index (κ3) is 4.82. The molecule has 2 unspecified atom stereocenters. The first kappa shape index (κ1) is 16.5. The van der Waals surface area contributed by atoms with Crippen LogP contribution >= 0.6 is 11.3 Å². The van der Waals surface area contributed by atoms with E-state index in [4.69, 9.17) is 0 Å². The first-order valence-electron chi connectivity index (χ1n) is 8.77. The molecule has 0 bridgehead atoms. The molecule has 0 radical (unpaired) electrons. The fraction of sp³-hybridized carbons (Fsp3) is 0.611. The van der Waals surface area contributed by atoms with E-state index in [2.05, 4.69) is 45.2 Å². The van der Waals surface area contributed by atoms with Gasteiger partial charge in [0.25, 0.3) is 0 Å². The maximum Gasteiger partial charge on any atom is 0.314 e. The molecule has 0 aromatic carbocycles. The van der Waals surface area contributed by atoms with Gasteiger partial charge in [0.05, 0.1) is 6.04 Å². The fourth-order valence-electron chi connectivity index (χ4n) is 3.47. The van der Waals surface area contributed by atoms with Crippen LogP contribution in [0.25, 0.3) is 0 Å². The van der Waals surface area contributed by atoms with Crippen LogP contribution in [0.2, 0.25) is 0 Å². The lowest BCUT2D eigenvalue weighted by Crippen LogP contribution is -2.42. The third-order valence-electron chi connectivity index (χ3n) is 4.84. The Morgan fingerprint density at radius 1 is 1.30 bits per heavy atom. The highest BCUT2D eigenvalue weighted by molar-refractivity contribution is 7.10. The minimum Gasteiger partial charge on any atom is -0.338 e. The maximum atomic E-state index is 12.1. The smallest absolute Gasteiger partial charge is 0.314 e. The molecule has 2 aliphatic rings. The number of hydrogen-bond donors (Lipinski definition) is 2. The highest BCUT2D eigenvalue weighted by Crippen LogP contribution is 2.27. The predicted octanol–water partition coefficient (Wildman–Crippen LogP) is 3.54. The Hall–Kier alpha value is -1.33. The summed E-state index contributed by atoms with van der Waals surface area (Å²) in [6, 6.07) is 4.57. The second kappa shape index (κ2) is 8.50. The highest BCUT2D eigenvalue weighted by atomic mass is 32.1. The first-order valence-corrected chi connectivity index (χ1v) is 9.65. The topological polar surface area (TPSA) is 44.4 Å². The van der Waals surface area contributed by atoms with Crippen LogP contribution in [-0.4, -0.2) is 37.1 Å². The van der Waals surface area contributed by atoms with Crippen LogP contribution in [0.3, 0.4) is 0 Å². The van der Waals surface area contributed by atoms with Gasteiger partial charge in [-0.3, -0.25) is 4.90 Å². The van der Waals surface area contributed by atoms with Gasteiger partial charge in [-0.05, 0) is 62.6 Å². The highest BCUT2D eigenvalue weighted by Gasteiger charge is 2.24. The fourth-order valence-corrected chi connectivity index (χ4v) is 4.34. The van der Waals surface area contributed by atoms with Gasteiger partial charge < -0.3 is 10.6 Å². The zero-order valence-corrected chi connectivity index (χ0v) is 14.5. The van der Waals surface area contributed by atoms with E-state index in [1.54, 1.807) is 11.3 Å². The molecule has 1 aromatic rings. The third-order valence-corrected chi connectivity index (χ3v) is 5.81. The van der Waals surface area contributed by atoms with Gasteiger partial charge in [-0.25, -0.2) is 4.79 Å². The summed E-state index contributed by atoms with van der Waals surface area (Å²) in [6.45, 7) is 3.75. The van der Waals surface area contributed by atoms with Gasteiger partial charge in [-0.1, -0.05) is 18.2 Å². The number of carbonyl (C=O) groups excluding carboxylic acids is 1. The molecule has 2 atom stereocenters. The molecule has 4 nitrogen and oxygen atoms in total. The molecule has 0 saturated carbocycles. The molecule has 1 aliphatic heterocycles. The summed E-state index contributed by atoms with van der Waals surface area (Å²) in [4.78, 5) is 16.0. The summed E-state index contributed by atoms with van der Waals surface area (Å²) in [5.74, 6) is 0.595. The van der Waals surface area contributed by atoms with Crippen molar-refractivity contribution in [2.45, 2.75) is 38.1 Å². The Kier molecular flexibility index (Phi) is 6.11. The predicted molar refractivity (Wildman–Crippen MR) is 95.7 cm³/mol. The van der Waals surface area contributed by atoms with Crippen LogP contribution in [0.1, 0.15) is 43.0 Å². The van der Waals surface area contributed by atoms with Crippen LogP contribution in [0.15, 0.2) is 29.7 Å². The van der Waals surface area contributed by atoms with Crippen molar-refractivity contribution in [3.05, 3.63) is 34.5 Å². The van der Waals surface area contributed by atoms with Crippen LogP contribution in [-0.2, 0) is 0 Å². The van der Waals surface area contributed by atoms with Gasteiger partial charge in [-0.2, -0.15) is 0 Å². The van der Waals surface area contributed by atoms with Crippen molar-refractivity contribution in [1.82, 2.24) is 15.5 Å². The van der Waals surface area contributed by atoms with E-state index in [0.29, 0.717) is 18.5 Å². The maximum absolute atomic E-state index is 12.1. The minimum atomic E-state index is -0.0275. The Morgan fingerprint density at radius 3 is 2.87 bits per heavy atom. The van der Waals surface area contributed by atoms with Crippen molar-refractivity contribution in [1.29, 1.82) is 0 Å². The number of thiophene rings is 1. The zero-order valence-electron chi connectivity index (χ0n) is 13.7. The molecular formula is C18H27N3OS. The zero-order chi connectivity index (χ0) is 15.9. The van der Waals surface area contributed by atoms with E-state index in [1.165, 1.54) is 24.1 Å². The molecule has 1 saturated heterocycles.